The molecule has 3 atom stereocenters. The molecule has 6 nitrogen and oxygen atoms in total. The smallest absolute Gasteiger partial charge is 0.427 e. The molecule has 1 rings (SSSR count). The fraction of sp³-hybridized carbons (Fsp3) is 0.917. The van der Waals surface area contributed by atoms with Crippen LogP contribution in [0.1, 0.15) is 33.1 Å². The molecule has 0 spiro atoms. The van der Waals surface area contributed by atoms with Crippen LogP contribution in [0, 0.1) is 5.92 Å². The van der Waals surface area contributed by atoms with Gasteiger partial charge in [0.05, 0.1) is 6.04 Å². The molecule has 1 heterocycles. The minimum Gasteiger partial charge on any atom is -0.427 e. The number of likely N-dealkylation sites (tertiary alicyclic amines) is 1. The first-order valence-corrected chi connectivity index (χ1v) is 6.90. The van der Waals surface area contributed by atoms with Crippen molar-refractivity contribution in [2.75, 3.05) is 13.1 Å². The molecule has 0 saturated carbocycles. The van der Waals surface area contributed by atoms with Crippen LogP contribution in [0.2, 0.25) is 6.32 Å². The predicted octanol–water partition coefficient (Wildman–Crippen LogP) is -0.847. The number of nitrogens with zero attached hydrogens (tertiary/aromatic N) is 1. The maximum Gasteiger partial charge on any atom is 0.451 e. The molecule has 19 heavy (non-hydrogen) atoms. The van der Waals surface area contributed by atoms with Crippen LogP contribution in [0.5, 0.6) is 0 Å². The Kier molecular flexibility index (Phi) is 5.79. The highest BCUT2D eigenvalue weighted by Crippen LogP contribution is 2.27. The van der Waals surface area contributed by atoms with Gasteiger partial charge < -0.3 is 26.4 Å². The molecule has 0 aromatic carbocycles. The number of carbonyl (C=O) groups is 1. The van der Waals surface area contributed by atoms with E-state index in [2.05, 4.69) is 0 Å². The van der Waals surface area contributed by atoms with E-state index in [4.69, 9.17) is 21.5 Å². The number of hydrogen-bond acceptors (Lipinski definition) is 5. The van der Waals surface area contributed by atoms with Gasteiger partial charge >= 0.3 is 7.12 Å². The largest absolute Gasteiger partial charge is 0.451 e. The third-order valence-corrected chi connectivity index (χ3v) is 3.56. The molecule has 0 aromatic heterocycles. The van der Waals surface area contributed by atoms with Crippen molar-refractivity contribution >= 4 is 13.0 Å². The summed E-state index contributed by atoms with van der Waals surface area (Å²) in [6, 6.07) is -0.506. The highest BCUT2D eigenvalue weighted by Gasteiger charge is 2.35. The summed E-state index contributed by atoms with van der Waals surface area (Å²) in [6.07, 6.45) is 2.77. The van der Waals surface area contributed by atoms with Crippen molar-refractivity contribution in [2.24, 2.45) is 17.4 Å². The fourth-order valence-electron chi connectivity index (χ4n) is 2.84. The number of hydrogen-bond donors (Lipinski definition) is 4. The Hall–Kier alpha value is -0.625. The third-order valence-electron chi connectivity index (χ3n) is 3.56. The zero-order chi connectivity index (χ0) is 14.6. The first-order valence-electron chi connectivity index (χ1n) is 6.90. The average molecular weight is 271 g/mol. The van der Waals surface area contributed by atoms with Gasteiger partial charge in [-0.05, 0) is 38.9 Å². The van der Waals surface area contributed by atoms with Crippen LogP contribution in [0.3, 0.4) is 0 Å². The number of piperidine rings is 1. The van der Waals surface area contributed by atoms with E-state index in [1.807, 2.05) is 6.92 Å². The SMILES string of the molecule is C[C@H](N)C(=O)N1C[C@H](CCCB(O)O)C[C@@](C)(N)C1. The zero-order valence-corrected chi connectivity index (χ0v) is 11.9. The molecule has 1 amide bonds. The lowest BCUT2D eigenvalue weighted by Crippen LogP contribution is -2.59. The van der Waals surface area contributed by atoms with E-state index >= 15 is 0 Å². The maximum atomic E-state index is 12.0. The highest BCUT2D eigenvalue weighted by molar-refractivity contribution is 6.40. The lowest BCUT2D eigenvalue weighted by atomic mass is 9.78. The van der Waals surface area contributed by atoms with Gasteiger partial charge in [-0.15, -0.1) is 0 Å². The molecule has 1 fully saturated rings. The number of nitrogens with two attached hydrogens (primary N) is 2. The van der Waals surface area contributed by atoms with Gasteiger partial charge in [0.25, 0.3) is 0 Å². The van der Waals surface area contributed by atoms with Gasteiger partial charge in [-0.25, -0.2) is 0 Å². The van der Waals surface area contributed by atoms with E-state index in [1.54, 1.807) is 11.8 Å². The third kappa shape index (κ3) is 5.48. The Labute approximate surface area is 115 Å². The lowest BCUT2D eigenvalue weighted by molar-refractivity contribution is -0.135. The number of amides is 1. The standard InChI is InChI=1S/C12H26BN3O3/c1-9(14)11(17)16-7-10(4-3-5-13(18)19)6-12(2,15)8-16/h9-10,18-19H,3-8,14-15H2,1-2H3/t9-,10+,12+/m0/s1. The fourth-order valence-corrected chi connectivity index (χ4v) is 2.84. The van der Waals surface area contributed by atoms with Gasteiger partial charge in [0.1, 0.15) is 0 Å². The zero-order valence-electron chi connectivity index (χ0n) is 11.9. The average Bonchev–Trinajstić information content (AvgIpc) is 2.25. The van der Waals surface area contributed by atoms with E-state index in [-0.39, 0.29) is 5.91 Å². The minimum absolute atomic E-state index is 0.0661. The Balaban J connectivity index is 2.56. The molecule has 0 unspecified atom stereocenters. The van der Waals surface area contributed by atoms with Crippen molar-refractivity contribution in [3.63, 3.8) is 0 Å². The van der Waals surface area contributed by atoms with Crippen LogP contribution in [0.25, 0.3) is 0 Å². The Morgan fingerprint density at radius 1 is 1.58 bits per heavy atom. The molecule has 1 saturated heterocycles. The second kappa shape index (κ2) is 6.70. The predicted molar refractivity (Wildman–Crippen MR) is 75.2 cm³/mol. The Morgan fingerprint density at radius 2 is 2.21 bits per heavy atom. The molecule has 7 heteroatoms. The van der Waals surface area contributed by atoms with E-state index < -0.39 is 18.7 Å². The Bertz CT molecular complexity index is 311. The molecule has 0 aliphatic carbocycles. The van der Waals surface area contributed by atoms with E-state index in [1.165, 1.54) is 0 Å². The van der Waals surface area contributed by atoms with Gasteiger partial charge in [0.15, 0.2) is 0 Å². The summed E-state index contributed by atoms with van der Waals surface area (Å²) in [6.45, 7) is 4.82. The van der Waals surface area contributed by atoms with Crippen molar-refractivity contribution in [2.45, 2.75) is 51.0 Å². The topological polar surface area (TPSA) is 113 Å². The first-order chi connectivity index (χ1) is 8.71. The van der Waals surface area contributed by atoms with Crippen LogP contribution in [-0.2, 0) is 4.79 Å². The van der Waals surface area contributed by atoms with E-state index in [0.717, 1.165) is 19.3 Å². The van der Waals surface area contributed by atoms with Gasteiger partial charge in [-0.3, -0.25) is 4.79 Å². The van der Waals surface area contributed by atoms with Crippen molar-refractivity contribution in [3.8, 4) is 0 Å². The van der Waals surface area contributed by atoms with Gasteiger partial charge in [-0.2, -0.15) is 0 Å². The van der Waals surface area contributed by atoms with Crippen LogP contribution < -0.4 is 11.5 Å². The number of carbonyl (C=O) groups excluding carboxylic acids is 1. The minimum atomic E-state index is -1.25. The molecular weight excluding hydrogens is 245 g/mol. The first kappa shape index (κ1) is 16.4. The molecule has 1 aliphatic rings. The van der Waals surface area contributed by atoms with Crippen LogP contribution >= 0.6 is 0 Å². The molecule has 0 bridgehead atoms. The molecule has 6 N–H and O–H groups in total. The maximum absolute atomic E-state index is 12.0. The Morgan fingerprint density at radius 3 is 2.74 bits per heavy atom. The van der Waals surface area contributed by atoms with Crippen LogP contribution in [-0.4, -0.2) is 52.6 Å². The normalized spacial score (nSPS) is 29.2. The summed E-state index contributed by atoms with van der Waals surface area (Å²) in [5.41, 5.74) is 11.4. The van der Waals surface area contributed by atoms with Crippen LogP contribution in [0.15, 0.2) is 0 Å². The van der Waals surface area contributed by atoms with E-state index in [9.17, 15) is 4.79 Å². The molecule has 1 aliphatic heterocycles. The summed E-state index contributed by atoms with van der Waals surface area (Å²) in [7, 11) is -1.25. The summed E-state index contributed by atoms with van der Waals surface area (Å²) >= 11 is 0. The highest BCUT2D eigenvalue weighted by atomic mass is 16.4. The van der Waals surface area contributed by atoms with Crippen LogP contribution in [0.4, 0.5) is 0 Å². The van der Waals surface area contributed by atoms with Gasteiger partial charge in [0.2, 0.25) is 5.91 Å². The summed E-state index contributed by atoms with van der Waals surface area (Å²) in [5.74, 6) is 0.230. The van der Waals surface area contributed by atoms with Crippen molar-refractivity contribution < 1.29 is 14.8 Å². The second-order valence-corrected chi connectivity index (χ2v) is 6.14. The summed E-state index contributed by atoms with van der Waals surface area (Å²) < 4.78 is 0. The quantitative estimate of drug-likeness (QED) is 0.487. The molecule has 0 aromatic rings. The second-order valence-electron chi connectivity index (χ2n) is 6.14. The summed E-state index contributed by atoms with van der Waals surface area (Å²) in [4.78, 5) is 13.7. The number of rotatable bonds is 5. The van der Waals surface area contributed by atoms with Gasteiger partial charge in [0, 0.05) is 18.6 Å². The molecular formula is C12H26BN3O3. The van der Waals surface area contributed by atoms with Gasteiger partial charge in [-0.1, -0.05) is 6.42 Å². The molecule has 110 valence electrons. The van der Waals surface area contributed by atoms with Crippen molar-refractivity contribution in [1.82, 2.24) is 4.90 Å². The lowest BCUT2D eigenvalue weighted by Gasteiger charge is -2.43. The molecule has 0 radical (unpaired) electrons. The van der Waals surface area contributed by atoms with Crippen molar-refractivity contribution in [3.05, 3.63) is 0 Å². The monoisotopic (exact) mass is 271 g/mol. The van der Waals surface area contributed by atoms with Crippen molar-refractivity contribution in [1.29, 1.82) is 0 Å². The summed E-state index contributed by atoms with van der Waals surface area (Å²) in [5, 5.41) is 17.7. The van der Waals surface area contributed by atoms with E-state index in [0.29, 0.717) is 25.3 Å².